The van der Waals surface area contributed by atoms with E-state index in [0.717, 1.165) is 31.8 Å². The van der Waals surface area contributed by atoms with Crippen molar-refractivity contribution < 1.29 is 18.3 Å². The summed E-state index contributed by atoms with van der Waals surface area (Å²) in [5.41, 5.74) is 0.989. The summed E-state index contributed by atoms with van der Waals surface area (Å²) in [6, 6.07) is 7.05. The van der Waals surface area contributed by atoms with Gasteiger partial charge in [0.25, 0.3) is 0 Å². The van der Waals surface area contributed by atoms with Crippen LogP contribution in [0.25, 0.3) is 0 Å². The number of sulfone groups is 1. The van der Waals surface area contributed by atoms with Gasteiger partial charge in [0.05, 0.1) is 24.7 Å². The first-order chi connectivity index (χ1) is 9.93. The van der Waals surface area contributed by atoms with Gasteiger partial charge in [-0.2, -0.15) is 0 Å². The molecule has 0 radical (unpaired) electrons. The summed E-state index contributed by atoms with van der Waals surface area (Å²) in [6.07, 6.45) is 1.22. The van der Waals surface area contributed by atoms with Gasteiger partial charge in [0.1, 0.15) is 0 Å². The molecule has 2 saturated heterocycles. The fourth-order valence-corrected chi connectivity index (χ4v) is 4.02. The van der Waals surface area contributed by atoms with Crippen LogP contribution in [0.4, 0.5) is 0 Å². The lowest BCUT2D eigenvalue weighted by atomic mass is 9.82. The largest absolute Gasteiger partial charge is 0.396 e. The lowest BCUT2D eigenvalue weighted by Crippen LogP contribution is -2.34. The van der Waals surface area contributed by atoms with E-state index < -0.39 is 9.84 Å². The van der Waals surface area contributed by atoms with Crippen LogP contribution in [0, 0.1) is 11.3 Å². The lowest BCUT2D eigenvalue weighted by molar-refractivity contribution is 0.0803. The summed E-state index contributed by atoms with van der Waals surface area (Å²) in [7, 11) is -3.14. The molecule has 1 aromatic rings. The minimum Gasteiger partial charge on any atom is -0.396 e. The zero-order chi connectivity index (χ0) is 15.1. The van der Waals surface area contributed by atoms with Gasteiger partial charge in [0.15, 0.2) is 9.84 Å². The van der Waals surface area contributed by atoms with Crippen molar-refractivity contribution in [1.82, 2.24) is 4.90 Å². The molecule has 0 bridgehead atoms. The second-order valence-electron chi connectivity index (χ2n) is 6.32. The van der Waals surface area contributed by atoms with Crippen LogP contribution >= 0.6 is 0 Å². The Kier molecular flexibility index (Phi) is 3.81. The number of aliphatic hydroxyl groups excluding tert-OH is 1. The van der Waals surface area contributed by atoms with Gasteiger partial charge in [0.2, 0.25) is 0 Å². The first-order valence-electron chi connectivity index (χ1n) is 7.13. The highest BCUT2D eigenvalue weighted by Crippen LogP contribution is 2.41. The van der Waals surface area contributed by atoms with E-state index in [4.69, 9.17) is 4.74 Å². The van der Waals surface area contributed by atoms with E-state index in [1.165, 1.54) is 6.26 Å². The zero-order valence-corrected chi connectivity index (χ0v) is 13.0. The van der Waals surface area contributed by atoms with E-state index in [-0.39, 0.29) is 12.0 Å². The number of fused-ring (bicyclic) bond motifs is 1. The molecule has 2 heterocycles. The van der Waals surface area contributed by atoms with Gasteiger partial charge in [-0.05, 0) is 17.7 Å². The second-order valence-corrected chi connectivity index (χ2v) is 8.33. The molecular formula is C15H21NO4S. The SMILES string of the molecule is CS(=O)(=O)c1ccc(CN2C[C@H]3COC[C@@]3(CO)C2)cc1. The standard InChI is InChI=1S/C15H21NO4S/c1-21(18,19)14-4-2-12(3-5-14)6-16-7-13-8-20-11-15(13,9-16)10-17/h2-5,13,17H,6-11H2,1H3/t13-,15-/m0/s1. The molecule has 0 unspecified atom stereocenters. The number of ether oxygens (including phenoxy) is 1. The molecule has 2 aliphatic heterocycles. The maximum atomic E-state index is 11.5. The third kappa shape index (κ3) is 2.85. The third-order valence-electron chi connectivity index (χ3n) is 4.66. The number of likely N-dealkylation sites (tertiary alicyclic amines) is 1. The first kappa shape index (κ1) is 15.0. The van der Waals surface area contributed by atoms with Crippen LogP contribution < -0.4 is 0 Å². The Hall–Kier alpha value is -0.950. The molecule has 2 atom stereocenters. The van der Waals surface area contributed by atoms with E-state index >= 15 is 0 Å². The maximum absolute atomic E-state index is 11.5. The molecule has 0 spiro atoms. The molecule has 6 heteroatoms. The topological polar surface area (TPSA) is 66.8 Å². The van der Waals surface area contributed by atoms with Crippen LogP contribution in [0.2, 0.25) is 0 Å². The van der Waals surface area contributed by atoms with Crippen LogP contribution in [0.15, 0.2) is 29.2 Å². The molecule has 0 aromatic heterocycles. The van der Waals surface area contributed by atoms with Crippen molar-refractivity contribution in [2.75, 3.05) is 39.2 Å². The maximum Gasteiger partial charge on any atom is 0.175 e. The van der Waals surface area contributed by atoms with Gasteiger partial charge in [-0.1, -0.05) is 12.1 Å². The molecule has 116 valence electrons. The van der Waals surface area contributed by atoms with Crippen molar-refractivity contribution in [2.24, 2.45) is 11.3 Å². The van der Waals surface area contributed by atoms with Crippen LogP contribution in [0.5, 0.6) is 0 Å². The summed E-state index contributed by atoms with van der Waals surface area (Å²) in [5, 5.41) is 9.66. The van der Waals surface area contributed by atoms with E-state index in [0.29, 0.717) is 17.4 Å². The molecule has 2 fully saturated rings. The Labute approximate surface area is 125 Å². The number of rotatable bonds is 4. The van der Waals surface area contributed by atoms with Crippen molar-refractivity contribution in [3.8, 4) is 0 Å². The number of benzene rings is 1. The molecule has 0 saturated carbocycles. The lowest BCUT2D eigenvalue weighted by Gasteiger charge is -2.24. The molecule has 3 rings (SSSR count). The van der Waals surface area contributed by atoms with Crippen molar-refractivity contribution in [3.63, 3.8) is 0 Å². The number of aliphatic hydroxyl groups is 1. The molecule has 0 aliphatic carbocycles. The van der Waals surface area contributed by atoms with Crippen LogP contribution in [-0.2, 0) is 21.1 Å². The molecular weight excluding hydrogens is 290 g/mol. The summed E-state index contributed by atoms with van der Waals surface area (Å²) in [4.78, 5) is 2.67. The Morgan fingerprint density at radius 2 is 2.10 bits per heavy atom. The van der Waals surface area contributed by atoms with Crippen LogP contribution in [-0.4, -0.2) is 57.6 Å². The summed E-state index contributed by atoms with van der Waals surface area (Å²) in [6.45, 7) is 4.07. The molecule has 2 aliphatic rings. The van der Waals surface area contributed by atoms with Crippen LogP contribution in [0.1, 0.15) is 5.56 Å². The van der Waals surface area contributed by atoms with Crippen molar-refractivity contribution in [1.29, 1.82) is 0 Å². The summed E-state index contributed by atoms with van der Waals surface area (Å²) in [5.74, 6) is 0.401. The second kappa shape index (κ2) is 5.35. The Morgan fingerprint density at radius 1 is 1.38 bits per heavy atom. The van der Waals surface area contributed by atoms with Crippen LogP contribution in [0.3, 0.4) is 0 Å². The fraction of sp³-hybridized carbons (Fsp3) is 0.600. The Bertz CT molecular complexity index is 613. The summed E-state index contributed by atoms with van der Waals surface area (Å²) >= 11 is 0. The highest BCUT2D eigenvalue weighted by Gasteiger charge is 2.49. The molecule has 0 amide bonds. The Morgan fingerprint density at radius 3 is 2.67 bits per heavy atom. The molecule has 5 nitrogen and oxygen atoms in total. The van der Waals surface area contributed by atoms with Gasteiger partial charge in [0, 0.05) is 37.2 Å². The quantitative estimate of drug-likeness (QED) is 0.879. The van der Waals surface area contributed by atoms with E-state index in [2.05, 4.69) is 4.90 Å². The average molecular weight is 311 g/mol. The Balaban J connectivity index is 1.68. The van der Waals surface area contributed by atoms with Gasteiger partial charge < -0.3 is 9.84 Å². The molecule has 21 heavy (non-hydrogen) atoms. The number of nitrogens with zero attached hydrogens (tertiary/aromatic N) is 1. The minimum atomic E-state index is -3.14. The van der Waals surface area contributed by atoms with Gasteiger partial charge in [-0.25, -0.2) is 8.42 Å². The predicted molar refractivity (Wildman–Crippen MR) is 78.7 cm³/mol. The number of hydrogen-bond donors (Lipinski definition) is 1. The van der Waals surface area contributed by atoms with E-state index in [9.17, 15) is 13.5 Å². The highest BCUT2D eigenvalue weighted by molar-refractivity contribution is 7.90. The van der Waals surface area contributed by atoms with Gasteiger partial charge in [-0.3, -0.25) is 4.90 Å². The van der Waals surface area contributed by atoms with Crippen molar-refractivity contribution in [2.45, 2.75) is 11.4 Å². The van der Waals surface area contributed by atoms with Gasteiger partial charge >= 0.3 is 0 Å². The fourth-order valence-electron chi connectivity index (χ4n) is 3.39. The highest BCUT2D eigenvalue weighted by atomic mass is 32.2. The molecule has 1 N–H and O–H groups in total. The van der Waals surface area contributed by atoms with E-state index in [1.807, 2.05) is 12.1 Å². The normalized spacial score (nSPS) is 29.7. The smallest absolute Gasteiger partial charge is 0.175 e. The minimum absolute atomic E-state index is 0.104. The average Bonchev–Trinajstić information content (AvgIpc) is 2.95. The third-order valence-corrected chi connectivity index (χ3v) is 5.79. The molecule has 1 aromatic carbocycles. The zero-order valence-electron chi connectivity index (χ0n) is 12.2. The number of hydrogen-bond acceptors (Lipinski definition) is 5. The van der Waals surface area contributed by atoms with E-state index in [1.54, 1.807) is 12.1 Å². The summed E-state index contributed by atoms with van der Waals surface area (Å²) < 4.78 is 28.4. The monoisotopic (exact) mass is 311 g/mol. The van der Waals surface area contributed by atoms with Crippen molar-refractivity contribution >= 4 is 9.84 Å². The predicted octanol–water partition coefficient (Wildman–Crippen LogP) is 0.531. The van der Waals surface area contributed by atoms with Crippen molar-refractivity contribution in [3.05, 3.63) is 29.8 Å². The first-order valence-corrected chi connectivity index (χ1v) is 9.02. The van der Waals surface area contributed by atoms with Gasteiger partial charge in [-0.15, -0.1) is 0 Å².